The van der Waals surface area contributed by atoms with Crippen molar-refractivity contribution in [3.8, 4) is 5.75 Å². The minimum absolute atomic E-state index is 0.0415. The molecule has 1 aromatic carbocycles. The predicted octanol–water partition coefficient (Wildman–Crippen LogP) is 6.65. The zero-order valence-corrected chi connectivity index (χ0v) is 20.5. The normalized spacial score (nSPS) is 17.0. The molecule has 0 spiro atoms. The van der Waals surface area contributed by atoms with E-state index in [0.717, 1.165) is 11.1 Å². The third kappa shape index (κ3) is 7.63. The Morgan fingerprint density at radius 1 is 1.15 bits per heavy atom. The van der Waals surface area contributed by atoms with E-state index < -0.39 is 5.97 Å². The Balaban J connectivity index is 1.99. The van der Waals surface area contributed by atoms with E-state index in [0.29, 0.717) is 5.69 Å². The van der Waals surface area contributed by atoms with Gasteiger partial charge in [0.2, 0.25) is 5.91 Å². The molecular weight excluding hydrogens is 414 g/mol. The molecule has 0 heterocycles. The number of hydrogen-bond donors (Lipinski definition) is 2. The van der Waals surface area contributed by atoms with Crippen molar-refractivity contribution >= 4 is 17.6 Å². The maximum atomic E-state index is 12.2. The Bertz CT molecular complexity index is 1050. The zero-order valence-electron chi connectivity index (χ0n) is 20.5. The molecule has 0 saturated heterocycles. The molecular formula is C28H35NO4. The Kier molecular flexibility index (Phi) is 9.03. The minimum atomic E-state index is -0.640. The second kappa shape index (κ2) is 11.5. The van der Waals surface area contributed by atoms with Crippen molar-refractivity contribution in [2.75, 3.05) is 12.4 Å². The number of rotatable bonds is 7. The molecule has 0 aliphatic heterocycles. The van der Waals surface area contributed by atoms with Crippen LogP contribution in [0.15, 0.2) is 76.9 Å². The molecule has 33 heavy (non-hydrogen) atoms. The van der Waals surface area contributed by atoms with Crippen molar-refractivity contribution in [3.63, 3.8) is 0 Å². The van der Waals surface area contributed by atoms with E-state index in [1.807, 2.05) is 25.2 Å². The number of nitrogens with one attached hydrogen (secondary N) is 1. The van der Waals surface area contributed by atoms with Crippen molar-refractivity contribution in [1.82, 2.24) is 0 Å². The van der Waals surface area contributed by atoms with Crippen LogP contribution in [-0.4, -0.2) is 24.1 Å². The van der Waals surface area contributed by atoms with E-state index in [9.17, 15) is 14.7 Å². The third-order valence-electron chi connectivity index (χ3n) is 5.80. The van der Waals surface area contributed by atoms with Gasteiger partial charge in [0.25, 0.3) is 0 Å². The number of aromatic hydroxyl groups is 1. The fraction of sp³-hybridized carbons (Fsp3) is 0.357. The highest BCUT2D eigenvalue weighted by atomic mass is 16.5. The number of ether oxygens (including phenoxy) is 1. The first kappa shape index (κ1) is 25.9. The molecule has 0 saturated carbocycles. The standard InChI is InChI=1S/C28H35NO4/c1-19(12-15-24-21(3)11-8-16-28(24,4)5)9-7-10-20(2)17-26(31)29-22-13-14-23(25(30)18-22)27(32)33-6/h7,9-10,12-15,17-18,30H,8,11,16H2,1-6H3,(H,29,31). The monoisotopic (exact) mass is 449 g/mol. The fourth-order valence-electron chi connectivity index (χ4n) is 3.96. The highest BCUT2D eigenvalue weighted by Crippen LogP contribution is 2.40. The molecule has 5 nitrogen and oxygen atoms in total. The summed E-state index contributed by atoms with van der Waals surface area (Å²) in [4.78, 5) is 23.8. The Morgan fingerprint density at radius 2 is 1.88 bits per heavy atom. The number of carbonyl (C=O) groups excluding carboxylic acids is 2. The van der Waals surface area contributed by atoms with Crippen LogP contribution in [0, 0.1) is 5.41 Å². The molecule has 0 fully saturated rings. The van der Waals surface area contributed by atoms with Crippen LogP contribution in [0.5, 0.6) is 5.75 Å². The molecule has 2 rings (SSSR count). The lowest BCUT2D eigenvalue weighted by molar-refractivity contribution is -0.111. The summed E-state index contributed by atoms with van der Waals surface area (Å²) in [5.41, 5.74) is 5.47. The number of esters is 1. The van der Waals surface area contributed by atoms with Gasteiger partial charge in [0.05, 0.1) is 7.11 Å². The number of phenolic OH excluding ortho intramolecular Hbond substituents is 1. The average Bonchev–Trinajstić information content (AvgIpc) is 2.72. The van der Waals surface area contributed by atoms with E-state index in [4.69, 9.17) is 0 Å². The summed E-state index contributed by atoms with van der Waals surface area (Å²) in [7, 11) is 1.24. The van der Waals surface area contributed by atoms with Crippen LogP contribution in [0.25, 0.3) is 0 Å². The maximum absolute atomic E-state index is 12.2. The highest BCUT2D eigenvalue weighted by Gasteiger charge is 2.26. The molecule has 176 valence electrons. The van der Waals surface area contributed by atoms with E-state index in [2.05, 4.69) is 49.9 Å². The summed E-state index contributed by atoms with van der Waals surface area (Å²) >= 11 is 0. The summed E-state index contributed by atoms with van der Waals surface area (Å²) < 4.78 is 4.59. The van der Waals surface area contributed by atoms with Gasteiger partial charge in [0.15, 0.2) is 0 Å². The predicted molar refractivity (Wildman–Crippen MR) is 134 cm³/mol. The lowest BCUT2D eigenvalue weighted by Gasteiger charge is -2.32. The van der Waals surface area contributed by atoms with Crippen LogP contribution in [-0.2, 0) is 9.53 Å². The van der Waals surface area contributed by atoms with Gasteiger partial charge in [0.1, 0.15) is 11.3 Å². The molecule has 0 aromatic heterocycles. The second-order valence-electron chi connectivity index (χ2n) is 9.14. The van der Waals surface area contributed by atoms with Gasteiger partial charge in [-0.25, -0.2) is 4.79 Å². The summed E-state index contributed by atoms with van der Waals surface area (Å²) in [5.74, 6) is -1.22. The van der Waals surface area contributed by atoms with Crippen LogP contribution in [0.2, 0.25) is 0 Å². The van der Waals surface area contributed by atoms with Gasteiger partial charge < -0.3 is 15.2 Å². The van der Waals surface area contributed by atoms with Gasteiger partial charge in [-0.05, 0) is 68.7 Å². The van der Waals surface area contributed by atoms with Crippen molar-refractivity contribution < 1.29 is 19.4 Å². The average molecular weight is 450 g/mol. The number of phenols is 1. The van der Waals surface area contributed by atoms with Crippen molar-refractivity contribution in [2.45, 2.75) is 53.9 Å². The number of amides is 1. The van der Waals surface area contributed by atoms with Gasteiger partial charge in [-0.2, -0.15) is 0 Å². The molecule has 5 heteroatoms. The fourth-order valence-corrected chi connectivity index (χ4v) is 3.96. The summed E-state index contributed by atoms with van der Waals surface area (Å²) in [6, 6.07) is 4.25. The van der Waals surface area contributed by atoms with E-state index in [1.54, 1.807) is 0 Å². The van der Waals surface area contributed by atoms with E-state index in [1.165, 1.54) is 61.8 Å². The third-order valence-corrected chi connectivity index (χ3v) is 5.80. The van der Waals surface area contributed by atoms with Crippen LogP contribution < -0.4 is 5.32 Å². The Morgan fingerprint density at radius 3 is 2.52 bits per heavy atom. The number of anilines is 1. The van der Waals surface area contributed by atoms with Crippen molar-refractivity contribution in [2.24, 2.45) is 5.41 Å². The molecule has 1 aromatic rings. The van der Waals surface area contributed by atoms with Crippen LogP contribution in [0.1, 0.15) is 64.2 Å². The van der Waals surface area contributed by atoms with Gasteiger partial charge in [-0.3, -0.25) is 4.79 Å². The lowest BCUT2D eigenvalue weighted by atomic mass is 9.72. The molecule has 1 aliphatic rings. The number of allylic oxidation sites excluding steroid dienone is 9. The molecule has 1 amide bonds. The number of carbonyl (C=O) groups is 2. The molecule has 0 radical (unpaired) electrons. The quantitative estimate of drug-likeness (QED) is 0.278. The summed E-state index contributed by atoms with van der Waals surface area (Å²) in [6.07, 6.45) is 15.3. The number of benzene rings is 1. The zero-order chi connectivity index (χ0) is 24.6. The van der Waals surface area contributed by atoms with Gasteiger partial charge in [0, 0.05) is 17.8 Å². The molecule has 0 atom stereocenters. The van der Waals surface area contributed by atoms with E-state index >= 15 is 0 Å². The number of hydrogen-bond acceptors (Lipinski definition) is 4. The smallest absolute Gasteiger partial charge is 0.341 e. The first-order valence-corrected chi connectivity index (χ1v) is 11.2. The Hall–Kier alpha value is -3.34. The topological polar surface area (TPSA) is 75.6 Å². The molecule has 2 N–H and O–H groups in total. The molecule has 1 aliphatic carbocycles. The minimum Gasteiger partial charge on any atom is -0.507 e. The van der Waals surface area contributed by atoms with Crippen molar-refractivity contribution in [1.29, 1.82) is 0 Å². The largest absolute Gasteiger partial charge is 0.507 e. The van der Waals surface area contributed by atoms with Crippen LogP contribution in [0.4, 0.5) is 5.69 Å². The van der Waals surface area contributed by atoms with E-state index in [-0.39, 0.29) is 22.6 Å². The van der Waals surface area contributed by atoms with Gasteiger partial charge in [-0.1, -0.05) is 55.4 Å². The maximum Gasteiger partial charge on any atom is 0.341 e. The first-order valence-electron chi connectivity index (χ1n) is 11.2. The highest BCUT2D eigenvalue weighted by molar-refractivity contribution is 6.01. The summed E-state index contributed by atoms with van der Waals surface area (Å²) in [6.45, 7) is 10.7. The Labute approximate surface area is 197 Å². The SMILES string of the molecule is COC(=O)c1ccc(NC(=O)C=C(C)C=CC=C(C)C=CC2=C(C)CCCC2(C)C)cc1O. The van der Waals surface area contributed by atoms with Crippen LogP contribution >= 0.6 is 0 Å². The molecule has 0 unspecified atom stereocenters. The van der Waals surface area contributed by atoms with Crippen molar-refractivity contribution in [3.05, 3.63) is 82.5 Å². The number of methoxy groups -OCH3 is 1. The van der Waals surface area contributed by atoms with Crippen LogP contribution in [0.3, 0.4) is 0 Å². The summed E-state index contributed by atoms with van der Waals surface area (Å²) in [5, 5.41) is 12.6. The lowest BCUT2D eigenvalue weighted by Crippen LogP contribution is -2.19. The molecule has 0 bridgehead atoms. The second-order valence-corrected chi connectivity index (χ2v) is 9.14. The van der Waals surface area contributed by atoms with Gasteiger partial charge >= 0.3 is 5.97 Å². The first-order chi connectivity index (χ1) is 15.5. The van der Waals surface area contributed by atoms with Gasteiger partial charge in [-0.15, -0.1) is 0 Å².